The van der Waals surface area contributed by atoms with Crippen molar-refractivity contribution >= 4 is 21.6 Å². The molecular formula is C18H15F3N2O4S. The first-order chi connectivity index (χ1) is 13.1. The third kappa shape index (κ3) is 6.29. The predicted octanol–water partition coefficient (Wildman–Crippen LogP) is 2.79. The van der Waals surface area contributed by atoms with E-state index in [0.29, 0.717) is 0 Å². The summed E-state index contributed by atoms with van der Waals surface area (Å²) in [5.74, 6) is 1.41. The minimum Gasteiger partial charge on any atom is -0.484 e. The molecule has 2 N–H and O–H groups in total. The second kappa shape index (κ2) is 8.77. The first-order valence-electron chi connectivity index (χ1n) is 7.75. The Kier molecular flexibility index (Phi) is 6.66. The second-order valence-electron chi connectivity index (χ2n) is 5.44. The zero-order valence-electron chi connectivity index (χ0n) is 14.3. The van der Waals surface area contributed by atoms with Crippen LogP contribution in [0.25, 0.3) is 0 Å². The van der Waals surface area contributed by atoms with Crippen molar-refractivity contribution in [1.29, 1.82) is 0 Å². The monoisotopic (exact) mass is 412 g/mol. The number of hydrogen-bond donors (Lipinski definition) is 2. The van der Waals surface area contributed by atoms with Gasteiger partial charge < -0.3 is 10.1 Å². The lowest BCUT2D eigenvalue weighted by Gasteiger charge is -2.11. The summed E-state index contributed by atoms with van der Waals surface area (Å²) in [6, 6.07) is 10.6. The quantitative estimate of drug-likeness (QED) is 0.685. The van der Waals surface area contributed by atoms with E-state index in [9.17, 15) is 26.4 Å². The smallest absolute Gasteiger partial charge is 0.422 e. The first-order valence-corrected chi connectivity index (χ1v) is 9.23. The highest BCUT2D eigenvalue weighted by Crippen LogP contribution is 2.22. The Labute approximate surface area is 159 Å². The molecule has 0 aliphatic rings. The molecule has 0 aromatic heterocycles. The fraction of sp³-hybridized carbons (Fsp3) is 0.167. The maximum atomic E-state index is 12.4. The summed E-state index contributed by atoms with van der Waals surface area (Å²) in [6.07, 6.45) is 0.534. The topological polar surface area (TPSA) is 84.5 Å². The molecular weight excluding hydrogens is 397 g/mol. The largest absolute Gasteiger partial charge is 0.484 e. The normalized spacial score (nSPS) is 11.5. The second-order valence-corrected chi connectivity index (χ2v) is 7.21. The lowest BCUT2D eigenvalue weighted by molar-refractivity contribution is -0.153. The summed E-state index contributed by atoms with van der Waals surface area (Å²) in [4.78, 5) is 12.2. The zero-order valence-corrected chi connectivity index (χ0v) is 15.1. The molecule has 0 aliphatic heterocycles. The van der Waals surface area contributed by atoms with Crippen molar-refractivity contribution in [1.82, 2.24) is 4.72 Å². The van der Waals surface area contributed by atoms with Crippen molar-refractivity contribution in [3.8, 4) is 18.1 Å². The molecule has 0 bridgehead atoms. The van der Waals surface area contributed by atoms with Gasteiger partial charge in [-0.25, -0.2) is 8.42 Å². The highest BCUT2D eigenvalue weighted by atomic mass is 32.2. The highest BCUT2D eigenvalue weighted by molar-refractivity contribution is 7.89. The van der Waals surface area contributed by atoms with Crippen LogP contribution < -0.4 is 14.8 Å². The van der Waals surface area contributed by atoms with E-state index in [4.69, 9.17) is 6.42 Å². The van der Waals surface area contributed by atoms with Crippen LogP contribution in [-0.4, -0.2) is 33.7 Å². The van der Waals surface area contributed by atoms with Crippen LogP contribution in [0, 0.1) is 12.3 Å². The van der Waals surface area contributed by atoms with Crippen molar-refractivity contribution in [2.45, 2.75) is 11.1 Å². The Morgan fingerprint density at radius 2 is 1.86 bits per heavy atom. The SMILES string of the molecule is C#CCNS(=O)(=O)c1cccc(C(=O)Nc2cccc(OCC(F)(F)F)c2)c1. The van der Waals surface area contributed by atoms with Gasteiger partial charge in [0.2, 0.25) is 10.0 Å². The van der Waals surface area contributed by atoms with Gasteiger partial charge in [-0.05, 0) is 30.3 Å². The van der Waals surface area contributed by atoms with Gasteiger partial charge in [0, 0.05) is 17.3 Å². The highest BCUT2D eigenvalue weighted by Gasteiger charge is 2.28. The summed E-state index contributed by atoms with van der Waals surface area (Å²) in [6.45, 7) is -1.67. The number of rotatable bonds is 7. The van der Waals surface area contributed by atoms with Gasteiger partial charge in [0.25, 0.3) is 5.91 Å². The number of amides is 1. The van der Waals surface area contributed by atoms with Crippen LogP contribution in [0.5, 0.6) is 5.75 Å². The van der Waals surface area contributed by atoms with Gasteiger partial charge in [-0.2, -0.15) is 17.9 Å². The molecule has 0 fully saturated rings. The molecule has 10 heteroatoms. The zero-order chi connectivity index (χ0) is 20.8. The van der Waals surface area contributed by atoms with E-state index in [-0.39, 0.29) is 28.4 Å². The van der Waals surface area contributed by atoms with E-state index >= 15 is 0 Å². The molecule has 0 spiro atoms. The number of anilines is 1. The molecule has 0 aliphatic carbocycles. The lowest BCUT2D eigenvalue weighted by atomic mass is 10.2. The Bertz CT molecular complexity index is 998. The van der Waals surface area contributed by atoms with E-state index in [1.165, 1.54) is 42.5 Å². The molecule has 0 atom stereocenters. The van der Waals surface area contributed by atoms with Crippen molar-refractivity contribution < 1.29 is 31.1 Å². The van der Waals surface area contributed by atoms with E-state index in [0.717, 1.165) is 6.07 Å². The Balaban J connectivity index is 2.13. The fourth-order valence-corrected chi connectivity index (χ4v) is 3.04. The number of nitrogens with one attached hydrogen (secondary N) is 2. The molecule has 6 nitrogen and oxygen atoms in total. The molecule has 28 heavy (non-hydrogen) atoms. The van der Waals surface area contributed by atoms with E-state index in [2.05, 4.69) is 20.7 Å². The van der Waals surface area contributed by atoms with Gasteiger partial charge in [0.05, 0.1) is 11.4 Å². The summed E-state index contributed by atoms with van der Waals surface area (Å²) >= 11 is 0. The van der Waals surface area contributed by atoms with Crippen molar-refractivity contribution in [3.05, 3.63) is 54.1 Å². The minimum absolute atomic E-state index is 0.0326. The van der Waals surface area contributed by atoms with E-state index in [1.807, 2.05) is 0 Å². The Morgan fingerprint density at radius 1 is 1.14 bits per heavy atom. The van der Waals surface area contributed by atoms with Gasteiger partial charge in [0.1, 0.15) is 5.75 Å². The summed E-state index contributed by atoms with van der Waals surface area (Å²) in [5, 5.41) is 2.47. The number of hydrogen-bond acceptors (Lipinski definition) is 4. The minimum atomic E-state index is -4.49. The third-order valence-corrected chi connectivity index (χ3v) is 4.66. The third-order valence-electron chi connectivity index (χ3n) is 3.27. The van der Waals surface area contributed by atoms with Gasteiger partial charge in [-0.3, -0.25) is 4.79 Å². The number of sulfonamides is 1. The molecule has 2 rings (SSSR count). The molecule has 0 saturated carbocycles. The van der Waals surface area contributed by atoms with Crippen LogP contribution in [0.1, 0.15) is 10.4 Å². The van der Waals surface area contributed by atoms with Crippen LogP contribution in [0.15, 0.2) is 53.4 Å². The summed E-state index contributed by atoms with van der Waals surface area (Å²) in [5.41, 5.74) is 0.216. The maximum absolute atomic E-state index is 12.4. The maximum Gasteiger partial charge on any atom is 0.422 e. The van der Waals surface area contributed by atoms with Crippen molar-refractivity contribution in [3.63, 3.8) is 0 Å². The first kappa shape index (κ1) is 21.3. The number of halogens is 3. The van der Waals surface area contributed by atoms with Crippen molar-refractivity contribution in [2.24, 2.45) is 0 Å². The molecule has 0 unspecified atom stereocenters. The van der Waals surface area contributed by atoms with Crippen LogP contribution in [0.2, 0.25) is 0 Å². The molecule has 2 aromatic rings. The molecule has 2 aromatic carbocycles. The average Bonchev–Trinajstić information content (AvgIpc) is 2.64. The number of carbonyl (C=O) groups is 1. The van der Waals surface area contributed by atoms with E-state index in [1.54, 1.807) is 0 Å². The fourth-order valence-electron chi connectivity index (χ4n) is 2.06. The van der Waals surface area contributed by atoms with Gasteiger partial charge in [0.15, 0.2) is 6.61 Å². The van der Waals surface area contributed by atoms with Gasteiger partial charge in [-0.1, -0.05) is 18.1 Å². The predicted molar refractivity (Wildman–Crippen MR) is 96.4 cm³/mol. The molecule has 1 amide bonds. The van der Waals surface area contributed by atoms with E-state index < -0.39 is 28.7 Å². The van der Waals surface area contributed by atoms with Gasteiger partial charge in [-0.15, -0.1) is 6.42 Å². The Morgan fingerprint density at radius 3 is 2.54 bits per heavy atom. The standard InChI is InChI=1S/C18H15F3N2O4S/c1-2-9-22-28(25,26)16-8-3-5-13(10-16)17(24)23-14-6-4-7-15(11-14)27-12-18(19,20)21/h1,3-8,10-11,22H,9,12H2,(H,23,24). The van der Waals surface area contributed by atoms with Crippen LogP contribution in [0.3, 0.4) is 0 Å². The number of carbonyl (C=O) groups excluding carboxylic acids is 1. The molecule has 148 valence electrons. The summed E-state index contributed by atoms with van der Waals surface area (Å²) < 4.78 is 67.6. The Hall–Kier alpha value is -3.03. The van der Waals surface area contributed by atoms with Crippen LogP contribution in [-0.2, 0) is 10.0 Å². The molecule has 0 radical (unpaired) electrons. The average molecular weight is 412 g/mol. The number of terminal acetylenes is 1. The van der Waals surface area contributed by atoms with Crippen molar-refractivity contribution in [2.75, 3.05) is 18.5 Å². The number of alkyl halides is 3. The van der Waals surface area contributed by atoms with Crippen LogP contribution >= 0.6 is 0 Å². The number of ether oxygens (including phenoxy) is 1. The number of benzene rings is 2. The molecule has 0 heterocycles. The van der Waals surface area contributed by atoms with Crippen LogP contribution in [0.4, 0.5) is 18.9 Å². The molecule has 0 saturated heterocycles. The lowest BCUT2D eigenvalue weighted by Crippen LogP contribution is -2.24. The summed E-state index contributed by atoms with van der Waals surface area (Å²) in [7, 11) is -3.88. The van der Waals surface area contributed by atoms with Gasteiger partial charge >= 0.3 is 6.18 Å².